The summed E-state index contributed by atoms with van der Waals surface area (Å²) >= 11 is 0. The second-order valence-corrected chi connectivity index (χ2v) is 6.89. The van der Waals surface area contributed by atoms with Gasteiger partial charge in [-0.1, -0.05) is 19.1 Å². The Morgan fingerprint density at radius 3 is 2.44 bits per heavy atom. The molecule has 0 radical (unpaired) electrons. The molecule has 1 aliphatic rings. The Kier molecular flexibility index (Phi) is 4.31. The van der Waals surface area contributed by atoms with Crippen molar-refractivity contribution in [2.24, 2.45) is 5.92 Å². The van der Waals surface area contributed by atoms with Gasteiger partial charge in [-0.15, -0.1) is 0 Å². The molecule has 1 fully saturated rings. The molecule has 3 aromatic rings. The summed E-state index contributed by atoms with van der Waals surface area (Å²) in [7, 11) is 1.69. The number of para-hydroxylation sites is 1. The van der Waals surface area contributed by atoms with Crippen molar-refractivity contribution in [3.05, 3.63) is 60.0 Å². The summed E-state index contributed by atoms with van der Waals surface area (Å²) < 4.78 is 14.0. The summed E-state index contributed by atoms with van der Waals surface area (Å²) in [5, 5.41) is 2.47. The minimum atomic E-state index is 0.817. The zero-order valence-electron chi connectivity index (χ0n) is 14.9. The van der Waals surface area contributed by atoms with Crippen LogP contribution in [-0.2, 0) is 0 Å². The minimum Gasteiger partial charge on any atom is -0.497 e. The van der Waals surface area contributed by atoms with E-state index in [2.05, 4.69) is 47.9 Å². The van der Waals surface area contributed by atoms with Gasteiger partial charge in [0.2, 0.25) is 5.36 Å². The molecule has 25 heavy (non-hydrogen) atoms. The van der Waals surface area contributed by atoms with Gasteiger partial charge in [-0.2, -0.15) is 0 Å². The standard InChI is InChI=1S/C22H24NO2/c1-16-11-13-23(14-12-16)20-15-22(17-7-9-18(24-2)10-8-17)25-21-6-4-3-5-19(20)21/h3-10,15-16H,11-14H2,1-2H3/q+1. The molecular formula is C22H24NO2+. The molecular weight excluding hydrogens is 310 g/mol. The Bertz CT molecular complexity index is 944. The molecule has 0 atom stereocenters. The summed E-state index contributed by atoms with van der Waals surface area (Å²) in [5.41, 5.74) is 2.00. The number of piperidine rings is 1. The number of ether oxygens (including phenoxy) is 1. The van der Waals surface area contributed by atoms with E-state index < -0.39 is 0 Å². The van der Waals surface area contributed by atoms with E-state index >= 15 is 0 Å². The van der Waals surface area contributed by atoms with Crippen LogP contribution in [0.1, 0.15) is 19.8 Å². The smallest absolute Gasteiger partial charge is 0.214 e. The van der Waals surface area contributed by atoms with Gasteiger partial charge in [0.15, 0.2) is 0 Å². The number of rotatable bonds is 2. The third-order valence-corrected chi connectivity index (χ3v) is 5.15. The summed E-state index contributed by atoms with van der Waals surface area (Å²) in [6.07, 6.45) is 2.50. The van der Waals surface area contributed by atoms with Gasteiger partial charge in [-0.25, -0.2) is 4.58 Å². The molecule has 2 aromatic carbocycles. The van der Waals surface area contributed by atoms with Crippen molar-refractivity contribution >= 4 is 11.0 Å². The maximum Gasteiger partial charge on any atom is 0.214 e. The average Bonchev–Trinajstić information content (AvgIpc) is 2.68. The summed E-state index contributed by atoms with van der Waals surface area (Å²) in [6, 6.07) is 18.6. The monoisotopic (exact) mass is 334 g/mol. The summed E-state index contributed by atoms with van der Waals surface area (Å²) in [5.74, 6) is 2.57. The van der Waals surface area contributed by atoms with Crippen molar-refractivity contribution in [2.75, 3.05) is 20.2 Å². The number of methoxy groups -OCH3 is 1. The third kappa shape index (κ3) is 3.19. The van der Waals surface area contributed by atoms with Gasteiger partial charge in [0.25, 0.3) is 0 Å². The lowest BCUT2D eigenvalue weighted by Crippen LogP contribution is -2.37. The molecule has 1 aliphatic heterocycles. The molecule has 3 nitrogen and oxygen atoms in total. The number of hydrogen-bond acceptors (Lipinski definition) is 2. The van der Waals surface area contributed by atoms with Gasteiger partial charge >= 0.3 is 0 Å². The topological polar surface area (TPSA) is 25.4 Å². The van der Waals surface area contributed by atoms with Crippen LogP contribution in [0.25, 0.3) is 22.3 Å². The summed E-state index contributed by atoms with van der Waals surface area (Å²) in [6.45, 7) is 4.56. The Morgan fingerprint density at radius 2 is 1.72 bits per heavy atom. The highest BCUT2D eigenvalue weighted by molar-refractivity contribution is 5.78. The SMILES string of the molecule is COc1ccc(-c2cc(=[N+]3CCC(C)CC3)c3ccccc3o2)cc1. The van der Waals surface area contributed by atoms with Gasteiger partial charge in [0, 0.05) is 18.4 Å². The van der Waals surface area contributed by atoms with E-state index in [1.165, 1.54) is 23.6 Å². The maximum atomic E-state index is 6.21. The molecule has 0 amide bonds. The predicted molar refractivity (Wildman–Crippen MR) is 102 cm³/mol. The van der Waals surface area contributed by atoms with E-state index in [4.69, 9.17) is 9.15 Å². The fraction of sp³-hybridized carbons (Fsp3) is 0.318. The number of benzene rings is 2. The largest absolute Gasteiger partial charge is 0.497 e. The van der Waals surface area contributed by atoms with Crippen LogP contribution in [0.4, 0.5) is 0 Å². The van der Waals surface area contributed by atoms with E-state index in [1.807, 2.05) is 18.2 Å². The van der Waals surface area contributed by atoms with Crippen molar-refractivity contribution in [2.45, 2.75) is 19.8 Å². The normalized spacial score (nSPS) is 17.7. The van der Waals surface area contributed by atoms with Gasteiger partial charge in [0.05, 0.1) is 18.6 Å². The molecule has 1 aromatic heterocycles. The average molecular weight is 334 g/mol. The van der Waals surface area contributed by atoms with Crippen LogP contribution in [-0.4, -0.2) is 20.2 Å². The van der Waals surface area contributed by atoms with E-state index in [9.17, 15) is 0 Å². The fourth-order valence-electron chi connectivity index (χ4n) is 3.53. The highest BCUT2D eigenvalue weighted by Gasteiger charge is 2.20. The van der Waals surface area contributed by atoms with Gasteiger partial charge in [-0.05, 0) is 42.3 Å². The molecule has 4 rings (SSSR count). The maximum absolute atomic E-state index is 6.21. The third-order valence-electron chi connectivity index (χ3n) is 5.15. The number of nitrogens with zero attached hydrogens (tertiary/aromatic N) is 1. The molecule has 0 spiro atoms. The number of hydrogen-bond donors (Lipinski definition) is 0. The van der Waals surface area contributed by atoms with Crippen molar-refractivity contribution in [3.63, 3.8) is 0 Å². The highest BCUT2D eigenvalue weighted by atomic mass is 16.5. The highest BCUT2D eigenvalue weighted by Crippen LogP contribution is 2.24. The van der Waals surface area contributed by atoms with Crippen LogP contribution in [0.5, 0.6) is 5.75 Å². The molecule has 128 valence electrons. The molecule has 0 bridgehead atoms. The molecule has 0 unspecified atom stereocenters. The molecule has 3 heteroatoms. The Labute approximate surface area is 148 Å². The Balaban J connectivity index is 1.90. The van der Waals surface area contributed by atoms with Crippen molar-refractivity contribution in [1.82, 2.24) is 4.58 Å². The lowest BCUT2D eigenvalue weighted by molar-refractivity contribution is 0.360. The van der Waals surface area contributed by atoms with Gasteiger partial charge in [0.1, 0.15) is 30.2 Å². The van der Waals surface area contributed by atoms with Gasteiger partial charge < -0.3 is 9.15 Å². The van der Waals surface area contributed by atoms with Crippen molar-refractivity contribution in [3.8, 4) is 17.1 Å². The predicted octanol–water partition coefficient (Wildman–Crippen LogP) is 4.31. The van der Waals surface area contributed by atoms with Crippen LogP contribution < -0.4 is 14.7 Å². The molecule has 2 heterocycles. The quantitative estimate of drug-likeness (QED) is 0.653. The second kappa shape index (κ2) is 6.75. The zero-order chi connectivity index (χ0) is 17.2. The first-order valence-corrected chi connectivity index (χ1v) is 9.00. The van der Waals surface area contributed by atoms with E-state index in [1.54, 1.807) is 7.11 Å². The van der Waals surface area contributed by atoms with Crippen molar-refractivity contribution in [1.29, 1.82) is 0 Å². The van der Waals surface area contributed by atoms with Crippen LogP contribution in [0.2, 0.25) is 0 Å². The first-order valence-electron chi connectivity index (χ1n) is 9.00. The Hall–Kier alpha value is -2.55. The first kappa shape index (κ1) is 15.9. The second-order valence-electron chi connectivity index (χ2n) is 6.89. The number of fused-ring (bicyclic) bond motifs is 1. The first-order chi connectivity index (χ1) is 12.2. The van der Waals surface area contributed by atoms with Crippen LogP contribution >= 0.6 is 0 Å². The lowest BCUT2D eigenvalue weighted by atomic mass is 10.00. The van der Waals surface area contributed by atoms with Crippen molar-refractivity contribution < 1.29 is 9.15 Å². The molecule has 0 N–H and O–H groups in total. The summed E-state index contributed by atoms with van der Waals surface area (Å²) in [4.78, 5) is 0. The van der Waals surface area contributed by atoms with E-state index in [0.29, 0.717) is 0 Å². The van der Waals surface area contributed by atoms with E-state index in [-0.39, 0.29) is 0 Å². The zero-order valence-corrected chi connectivity index (χ0v) is 14.9. The minimum absolute atomic E-state index is 0.817. The lowest BCUT2D eigenvalue weighted by Gasteiger charge is -2.16. The van der Waals surface area contributed by atoms with Crippen LogP contribution in [0, 0.1) is 5.92 Å². The van der Waals surface area contributed by atoms with Crippen LogP contribution in [0.15, 0.2) is 59.0 Å². The van der Waals surface area contributed by atoms with Gasteiger partial charge in [-0.3, -0.25) is 0 Å². The van der Waals surface area contributed by atoms with E-state index in [0.717, 1.165) is 41.7 Å². The fourth-order valence-corrected chi connectivity index (χ4v) is 3.53. The molecule has 0 saturated carbocycles. The Morgan fingerprint density at radius 1 is 1.00 bits per heavy atom. The van der Waals surface area contributed by atoms with Crippen LogP contribution in [0.3, 0.4) is 0 Å². The molecule has 0 aliphatic carbocycles. The molecule has 1 saturated heterocycles.